The molecule has 0 bridgehead atoms. The Labute approximate surface area is 52.7 Å². The molecule has 0 aromatic heterocycles. The van der Waals surface area contributed by atoms with Crippen LogP contribution in [0.3, 0.4) is 0 Å². The third-order valence-corrected chi connectivity index (χ3v) is 0.487. The molecule has 1 rings (SSSR count). The maximum atomic E-state index is 9.00. The number of carbonyl (C=O) groups is 1. The molecule has 5 heteroatoms. The number of nitrogens with zero attached hydrogens (tertiary/aromatic N) is 1. The van der Waals surface area contributed by atoms with Crippen molar-refractivity contribution in [2.45, 2.75) is 0 Å². The van der Waals surface area contributed by atoms with E-state index >= 15 is 0 Å². The molecule has 0 aromatic rings. The van der Waals surface area contributed by atoms with Gasteiger partial charge in [-0.25, -0.2) is 4.79 Å². The summed E-state index contributed by atoms with van der Waals surface area (Å²) < 4.78 is 4.65. The number of amides is 2. The monoisotopic (exact) mass is 131 g/mol. The highest BCUT2D eigenvalue weighted by atomic mass is 16.5. The van der Waals surface area contributed by atoms with Gasteiger partial charge in [0, 0.05) is 0 Å². The highest BCUT2D eigenvalue weighted by molar-refractivity contribution is 5.69. The van der Waals surface area contributed by atoms with Crippen LogP contribution >= 0.6 is 0 Å². The molecular formula is C4H9N3O2. The second-order valence-corrected chi connectivity index (χ2v) is 1.28. The molecule has 1 aliphatic heterocycles. The zero-order chi connectivity index (χ0) is 7.11. The van der Waals surface area contributed by atoms with Crippen molar-refractivity contribution < 1.29 is 9.53 Å². The van der Waals surface area contributed by atoms with Crippen molar-refractivity contribution in [3.05, 3.63) is 0 Å². The van der Waals surface area contributed by atoms with Crippen LogP contribution in [0.25, 0.3) is 0 Å². The SMILES string of the molecule is C1=NCCO1.NC(N)=O. The zero-order valence-electron chi connectivity index (χ0n) is 4.91. The van der Waals surface area contributed by atoms with E-state index in [-0.39, 0.29) is 0 Å². The van der Waals surface area contributed by atoms with Crippen LogP contribution in [0.4, 0.5) is 4.79 Å². The van der Waals surface area contributed by atoms with E-state index < -0.39 is 6.03 Å². The van der Waals surface area contributed by atoms with Gasteiger partial charge >= 0.3 is 6.03 Å². The van der Waals surface area contributed by atoms with Gasteiger partial charge in [-0.1, -0.05) is 0 Å². The molecule has 2 amide bonds. The molecule has 0 radical (unpaired) electrons. The summed E-state index contributed by atoms with van der Waals surface area (Å²) in [6.45, 7) is 1.62. The second-order valence-electron chi connectivity index (χ2n) is 1.28. The van der Waals surface area contributed by atoms with Gasteiger partial charge in [-0.15, -0.1) is 0 Å². The van der Waals surface area contributed by atoms with Crippen LogP contribution in [0.15, 0.2) is 4.99 Å². The average Bonchev–Trinajstić information content (AvgIpc) is 2.11. The number of aliphatic imine (C=N–C) groups is 1. The second kappa shape index (κ2) is 4.89. The molecule has 9 heavy (non-hydrogen) atoms. The number of ether oxygens (including phenoxy) is 1. The molecule has 0 saturated carbocycles. The first kappa shape index (κ1) is 7.74. The Morgan fingerprint density at radius 1 is 1.67 bits per heavy atom. The Kier molecular flexibility index (Phi) is 4.20. The Hall–Kier alpha value is -1.26. The fourth-order valence-electron chi connectivity index (χ4n) is 0.264. The minimum absolute atomic E-state index is 0.778. The van der Waals surface area contributed by atoms with Gasteiger partial charge in [0.25, 0.3) is 0 Å². The minimum atomic E-state index is -0.833. The molecule has 0 aromatic carbocycles. The van der Waals surface area contributed by atoms with Crippen molar-refractivity contribution in [1.82, 2.24) is 0 Å². The molecule has 0 spiro atoms. The number of nitrogens with two attached hydrogens (primary N) is 2. The first-order valence-corrected chi connectivity index (χ1v) is 2.38. The van der Waals surface area contributed by atoms with Gasteiger partial charge in [0.1, 0.15) is 6.61 Å². The first-order valence-electron chi connectivity index (χ1n) is 2.38. The molecule has 0 atom stereocenters. The van der Waals surface area contributed by atoms with Crippen LogP contribution in [-0.4, -0.2) is 25.6 Å². The largest absolute Gasteiger partial charge is 0.482 e. The quantitative estimate of drug-likeness (QED) is 0.444. The Bertz CT molecular complexity index is 102. The maximum absolute atomic E-state index is 9.00. The summed E-state index contributed by atoms with van der Waals surface area (Å²) in [6.07, 6.45) is 1.49. The third kappa shape index (κ3) is 10.8. The van der Waals surface area contributed by atoms with Gasteiger partial charge in [-0.05, 0) is 0 Å². The summed E-state index contributed by atoms with van der Waals surface area (Å²) in [7, 11) is 0. The van der Waals surface area contributed by atoms with Gasteiger partial charge in [0.15, 0.2) is 6.40 Å². The van der Waals surface area contributed by atoms with Crippen LogP contribution in [0.5, 0.6) is 0 Å². The van der Waals surface area contributed by atoms with Crippen molar-refractivity contribution in [2.75, 3.05) is 13.2 Å². The van der Waals surface area contributed by atoms with Crippen molar-refractivity contribution in [2.24, 2.45) is 16.5 Å². The van der Waals surface area contributed by atoms with Crippen LogP contribution in [0.1, 0.15) is 0 Å². The lowest BCUT2D eigenvalue weighted by molar-refractivity contribution is 0.256. The van der Waals surface area contributed by atoms with Crippen molar-refractivity contribution >= 4 is 12.4 Å². The summed E-state index contributed by atoms with van der Waals surface area (Å²) in [4.78, 5) is 12.7. The maximum Gasteiger partial charge on any atom is 0.309 e. The summed E-state index contributed by atoms with van der Waals surface area (Å²) in [5.74, 6) is 0. The fraction of sp³-hybridized carbons (Fsp3) is 0.500. The van der Waals surface area contributed by atoms with Crippen LogP contribution < -0.4 is 11.5 Å². The number of rotatable bonds is 0. The molecule has 5 nitrogen and oxygen atoms in total. The normalized spacial score (nSPS) is 13.3. The molecule has 4 N–H and O–H groups in total. The molecule has 52 valence electrons. The number of primary amides is 2. The van der Waals surface area contributed by atoms with E-state index in [1.54, 1.807) is 0 Å². The summed E-state index contributed by atoms with van der Waals surface area (Å²) in [6, 6.07) is -0.833. The van der Waals surface area contributed by atoms with Gasteiger partial charge in [-0.3, -0.25) is 4.99 Å². The predicted octanol–water partition coefficient (Wildman–Crippen LogP) is -0.931. The molecule has 0 unspecified atom stereocenters. The topological polar surface area (TPSA) is 90.7 Å². The summed E-state index contributed by atoms with van der Waals surface area (Å²) in [5.41, 5.74) is 8.50. The number of urea groups is 1. The molecular weight excluding hydrogens is 122 g/mol. The Morgan fingerprint density at radius 2 is 2.22 bits per heavy atom. The Morgan fingerprint density at radius 3 is 2.33 bits per heavy atom. The number of hydrogen-bond acceptors (Lipinski definition) is 3. The van der Waals surface area contributed by atoms with Crippen molar-refractivity contribution in [3.63, 3.8) is 0 Å². The van der Waals surface area contributed by atoms with E-state index in [2.05, 4.69) is 21.2 Å². The van der Waals surface area contributed by atoms with Gasteiger partial charge in [-0.2, -0.15) is 0 Å². The number of carbonyl (C=O) groups excluding carboxylic acids is 1. The molecule has 1 aliphatic rings. The lowest BCUT2D eigenvalue weighted by Crippen LogP contribution is -2.18. The van der Waals surface area contributed by atoms with E-state index in [4.69, 9.17) is 4.79 Å². The van der Waals surface area contributed by atoms with E-state index in [1.165, 1.54) is 6.40 Å². The van der Waals surface area contributed by atoms with Gasteiger partial charge in [0.2, 0.25) is 0 Å². The van der Waals surface area contributed by atoms with Gasteiger partial charge < -0.3 is 16.2 Å². The van der Waals surface area contributed by atoms with Gasteiger partial charge in [0.05, 0.1) is 6.54 Å². The van der Waals surface area contributed by atoms with E-state index in [0.29, 0.717) is 0 Å². The summed E-state index contributed by atoms with van der Waals surface area (Å²) >= 11 is 0. The van der Waals surface area contributed by atoms with Crippen molar-refractivity contribution in [1.29, 1.82) is 0 Å². The van der Waals surface area contributed by atoms with E-state index in [1.807, 2.05) is 0 Å². The molecule has 0 saturated heterocycles. The molecule has 1 heterocycles. The Balaban J connectivity index is 0.000000148. The molecule has 0 aliphatic carbocycles. The van der Waals surface area contributed by atoms with E-state index in [9.17, 15) is 0 Å². The van der Waals surface area contributed by atoms with Crippen molar-refractivity contribution in [3.8, 4) is 0 Å². The smallest absolute Gasteiger partial charge is 0.309 e. The average molecular weight is 131 g/mol. The lowest BCUT2D eigenvalue weighted by atomic mass is 10.8. The first-order chi connectivity index (χ1) is 4.23. The zero-order valence-corrected chi connectivity index (χ0v) is 4.91. The predicted molar refractivity (Wildman–Crippen MR) is 33.1 cm³/mol. The van der Waals surface area contributed by atoms with Crippen LogP contribution in [0, 0.1) is 0 Å². The van der Waals surface area contributed by atoms with E-state index in [0.717, 1.165) is 13.2 Å². The molecule has 0 fully saturated rings. The minimum Gasteiger partial charge on any atom is -0.482 e. The number of hydrogen-bond donors (Lipinski definition) is 2. The third-order valence-electron chi connectivity index (χ3n) is 0.487. The van der Waals surface area contributed by atoms with Crippen LogP contribution in [-0.2, 0) is 4.74 Å². The standard InChI is InChI=1S/C3H5NO.CH4N2O/c1-2-5-3-4-1;2-1(3)4/h3H,1-2H2;(H4,2,3,4). The van der Waals surface area contributed by atoms with Crippen LogP contribution in [0.2, 0.25) is 0 Å². The lowest BCUT2D eigenvalue weighted by Gasteiger charge is -1.76. The highest BCUT2D eigenvalue weighted by Crippen LogP contribution is 1.78. The fourth-order valence-corrected chi connectivity index (χ4v) is 0.264. The highest BCUT2D eigenvalue weighted by Gasteiger charge is 1.84. The summed E-state index contributed by atoms with van der Waals surface area (Å²) in [5, 5.41) is 0.